The highest BCUT2D eigenvalue weighted by atomic mass is 79.9. The number of ketones is 1. The van der Waals surface area contributed by atoms with Crippen LogP contribution in [-0.4, -0.2) is 11.8 Å². The van der Waals surface area contributed by atoms with Crippen LogP contribution in [0.5, 0.6) is 0 Å². The molecule has 0 amide bonds. The van der Waals surface area contributed by atoms with Gasteiger partial charge in [-0.25, -0.2) is 0 Å². The molecule has 0 heterocycles. The maximum Gasteiger partial charge on any atom is 0.154 e. The topological polar surface area (TPSA) is 43.1 Å². The minimum Gasteiger partial charge on any atom is -0.321 e. The number of hydrogen-bond acceptors (Lipinski definition) is 2. The molecule has 0 fully saturated rings. The number of halogens is 2. The first-order valence-electron chi connectivity index (χ1n) is 6.32. The summed E-state index contributed by atoms with van der Waals surface area (Å²) in [7, 11) is 0. The van der Waals surface area contributed by atoms with E-state index in [-0.39, 0.29) is 12.2 Å². The first-order valence-corrected chi connectivity index (χ1v) is 7.49. The van der Waals surface area contributed by atoms with Gasteiger partial charge in [0, 0.05) is 15.9 Å². The van der Waals surface area contributed by atoms with Gasteiger partial charge in [0.15, 0.2) is 5.78 Å². The third-order valence-electron chi connectivity index (χ3n) is 3.09. The molecular formula is C16H15BrClNO. The van der Waals surface area contributed by atoms with Crippen molar-refractivity contribution in [3.63, 3.8) is 0 Å². The Morgan fingerprint density at radius 1 is 1.20 bits per heavy atom. The van der Waals surface area contributed by atoms with Crippen molar-refractivity contribution in [1.29, 1.82) is 0 Å². The molecule has 2 nitrogen and oxygen atoms in total. The molecule has 1 atom stereocenters. The summed E-state index contributed by atoms with van der Waals surface area (Å²) < 4.78 is 0.896. The Kier molecular flexibility index (Phi) is 5.35. The molecule has 0 aliphatic rings. The quantitative estimate of drug-likeness (QED) is 0.890. The lowest BCUT2D eigenvalue weighted by atomic mass is 9.98. The Hall–Kier alpha value is -1.16. The monoisotopic (exact) mass is 351 g/mol. The summed E-state index contributed by atoms with van der Waals surface area (Å²) in [6.07, 6.45) is 0.813. The van der Waals surface area contributed by atoms with Gasteiger partial charge in [-0.2, -0.15) is 0 Å². The van der Waals surface area contributed by atoms with Gasteiger partial charge in [0.2, 0.25) is 0 Å². The van der Waals surface area contributed by atoms with Gasteiger partial charge in [-0.3, -0.25) is 4.79 Å². The predicted molar refractivity (Wildman–Crippen MR) is 86.0 cm³/mol. The van der Waals surface area contributed by atoms with Gasteiger partial charge in [0.05, 0.1) is 6.04 Å². The molecule has 0 aliphatic carbocycles. The van der Waals surface area contributed by atoms with E-state index in [0.29, 0.717) is 11.4 Å². The Bertz CT molecular complexity index is 601. The maximum absolute atomic E-state index is 12.2. The Labute approximate surface area is 132 Å². The van der Waals surface area contributed by atoms with E-state index < -0.39 is 6.04 Å². The van der Waals surface area contributed by atoms with Gasteiger partial charge >= 0.3 is 0 Å². The van der Waals surface area contributed by atoms with Crippen LogP contribution in [0.2, 0.25) is 5.02 Å². The Morgan fingerprint density at radius 3 is 2.55 bits per heavy atom. The normalized spacial score (nSPS) is 12.2. The fraction of sp³-hybridized carbons (Fsp3) is 0.188. The third-order valence-corrected chi connectivity index (χ3v) is 3.94. The zero-order chi connectivity index (χ0) is 14.5. The van der Waals surface area contributed by atoms with Crippen molar-refractivity contribution in [2.75, 3.05) is 0 Å². The highest BCUT2D eigenvalue weighted by molar-refractivity contribution is 9.10. The van der Waals surface area contributed by atoms with Crippen molar-refractivity contribution in [2.45, 2.75) is 18.9 Å². The van der Waals surface area contributed by atoms with E-state index in [1.54, 1.807) is 6.07 Å². The van der Waals surface area contributed by atoms with Crippen LogP contribution in [0, 0.1) is 0 Å². The van der Waals surface area contributed by atoms with Crippen LogP contribution in [0.1, 0.15) is 11.1 Å². The lowest BCUT2D eigenvalue weighted by Crippen LogP contribution is -2.34. The molecule has 0 saturated heterocycles. The van der Waals surface area contributed by atoms with Gasteiger partial charge in [0.25, 0.3) is 0 Å². The molecule has 0 saturated carbocycles. The summed E-state index contributed by atoms with van der Waals surface area (Å²) in [5, 5.41) is 0.583. The fourth-order valence-electron chi connectivity index (χ4n) is 1.97. The highest BCUT2D eigenvalue weighted by Crippen LogP contribution is 2.22. The van der Waals surface area contributed by atoms with Gasteiger partial charge in [-0.1, -0.05) is 63.9 Å². The van der Waals surface area contributed by atoms with E-state index in [4.69, 9.17) is 17.3 Å². The van der Waals surface area contributed by atoms with Crippen molar-refractivity contribution in [3.05, 3.63) is 69.2 Å². The van der Waals surface area contributed by atoms with E-state index in [2.05, 4.69) is 15.9 Å². The van der Waals surface area contributed by atoms with Crippen LogP contribution in [0.25, 0.3) is 0 Å². The highest BCUT2D eigenvalue weighted by Gasteiger charge is 2.16. The Balaban J connectivity index is 2.01. The van der Waals surface area contributed by atoms with Crippen molar-refractivity contribution in [1.82, 2.24) is 0 Å². The molecule has 1 unspecified atom stereocenters. The standard InChI is InChI=1S/C16H15BrClNO/c17-13-7-6-12(14(18)10-13)9-16(20)15(19)8-11-4-2-1-3-5-11/h1-7,10,15H,8-9,19H2. The zero-order valence-electron chi connectivity index (χ0n) is 10.9. The largest absolute Gasteiger partial charge is 0.321 e. The SMILES string of the molecule is NC(Cc1ccccc1)C(=O)Cc1ccc(Br)cc1Cl. The predicted octanol–water partition coefficient (Wildman–Crippen LogP) is 3.78. The third kappa shape index (κ3) is 4.17. The number of rotatable bonds is 5. The molecule has 2 rings (SSSR count). The number of Topliss-reactive ketones (excluding diaryl/α,β-unsaturated/α-hetero) is 1. The summed E-state index contributed by atoms with van der Waals surface area (Å²) in [5.41, 5.74) is 7.85. The minimum atomic E-state index is -0.503. The van der Waals surface area contributed by atoms with Crippen LogP contribution in [-0.2, 0) is 17.6 Å². The van der Waals surface area contributed by atoms with Gasteiger partial charge < -0.3 is 5.73 Å². The molecule has 2 N–H and O–H groups in total. The molecule has 4 heteroatoms. The first-order chi connectivity index (χ1) is 9.56. The van der Waals surface area contributed by atoms with E-state index in [0.717, 1.165) is 15.6 Å². The van der Waals surface area contributed by atoms with E-state index >= 15 is 0 Å². The number of carbonyl (C=O) groups is 1. The van der Waals surface area contributed by atoms with E-state index in [1.807, 2.05) is 42.5 Å². The van der Waals surface area contributed by atoms with Crippen molar-refractivity contribution >= 4 is 33.3 Å². The fourth-order valence-corrected chi connectivity index (χ4v) is 2.71. The summed E-state index contributed by atoms with van der Waals surface area (Å²) >= 11 is 9.46. The van der Waals surface area contributed by atoms with Gasteiger partial charge in [0.1, 0.15) is 0 Å². The number of benzene rings is 2. The second-order valence-corrected chi connectivity index (χ2v) is 6.00. The molecule has 0 aliphatic heterocycles. The molecule has 20 heavy (non-hydrogen) atoms. The molecule has 0 spiro atoms. The molecule has 0 bridgehead atoms. The van der Waals surface area contributed by atoms with E-state index in [1.165, 1.54) is 0 Å². The van der Waals surface area contributed by atoms with E-state index in [9.17, 15) is 4.79 Å². The smallest absolute Gasteiger partial charge is 0.154 e. The van der Waals surface area contributed by atoms with Gasteiger partial charge in [-0.05, 0) is 29.7 Å². The van der Waals surface area contributed by atoms with Gasteiger partial charge in [-0.15, -0.1) is 0 Å². The second-order valence-electron chi connectivity index (χ2n) is 4.68. The summed E-state index contributed by atoms with van der Waals surface area (Å²) in [6, 6.07) is 14.8. The first kappa shape index (κ1) is 15.2. The zero-order valence-corrected chi connectivity index (χ0v) is 13.2. The average molecular weight is 353 g/mol. The number of nitrogens with two attached hydrogens (primary N) is 1. The number of hydrogen-bond donors (Lipinski definition) is 1. The lowest BCUT2D eigenvalue weighted by Gasteiger charge is -2.11. The minimum absolute atomic E-state index is 0.00178. The van der Waals surface area contributed by atoms with Crippen LogP contribution in [0.15, 0.2) is 53.0 Å². The van der Waals surface area contributed by atoms with Crippen LogP contribution in [0.4, 0.5) is 0 Å². The van der Waals surface area contributed by atoms with Crippen LogP contribution >= 0.6 is 27.5 Å². The van der Waals surface area contributed by atoms with Crippen molar-refractivity contribution in [3.8, 4) is 0 Å². The molecule has 2 aromatic rings. The maximum atomic E-state index is 12.2. The molecule has 2 aromatic carbocycles. The summed E-state index contributed by atoms with van der Waals surface area (Å²) in [4.78, 5) is 12.2. The molecule has 0 radical (unpaired) electrons. The number of carbonyl (C=O) groups excluding carboxylic acids is 1. The summed E-state index contributed by atoms with van der Waals surface area (Å²) in [6.45, 7) is 0. The lowest BCUT2D eigenvalue weighted by molar-refractivity contribution is -0.119. The Morgan fingerprint density at radius 2 is 1.90 bits per heavy atom. The summed E-state index contributed by atoms with van der Waals surface area (Å²) in [5.74, 6) is -0.00178. The second kappa shape index (κ2) is 7.02. The van der Waals surface area contributed by atoms with Crippen molar-refractivity contribution < 1.29 is 4.79 Å². The molecule has 0 aromatic heterocycles. The van der Waals surface area contributed by atoms with Crippen LogP contribution in [0.3, 0.4) is 0 Å². The average Bonchev–Trinajstić information content (AvgIpc) is 2.43. The molecular weight excluding hydrogens is 338 g/mol. The molecule has 104 valence electrons. The van der Waals surface area contributed by atoms with Crippen LogP contribution < -0.4 is 5.73 Å². The van der Waals surface area contributed by atoms with Crippen molar-refractivity contribution in [2.24, 2.45) is 5.73 Å².